The number of nitrogens with one attached hydrogen (secondary N) is 3. The maximum Gasteiger partial charge on any atom is 0.261 e. The Labute approximate surface area is 197 Å². The molecule has 3 N–H and O–H groups in total. The van der Waals surface area contributed by atoms with Crippen molar-refractivity contribution in [3.63, 3.8) is 0 Å². The molecule has 1 aliphatic heterocycles. The Hall–Kier alpha value is -4.83. The molecule has 0 atom stereocenters. The van der Waals surface area contributed by atoms with Crippen LogP contribution in [0.5, 0.6) is 5.75 Å². The van der Waals surface area contributed by atoms with Gasteiger partial charge in [0.1, 0.15) is 23.7 Å². The molecule has 34 heavy (non-hydrogen) atoms. The summed E-state index contributed by atoms with van der Waals surface area (Å²) in [5.74, 6) is 0.831. The number of fused-ring (bicyclic) bond motifs is 2. The number of pyridine rings is 1. The quantitative estimate of drug-likeness (QED) is 0.353. The molecule has 0 saturated carbocycles. The van der Waals surface area contributed by atoms with Crippen LogP contribution in [0.1, 0.15) is 27.0 Å². The fraction of sp³-hybridized carbons (Fsp3) is 0.0741. The van der Waals surface area contributed by atoms with Crippen molar-refractivity contribution >= 4 is 34.5 Å². The number of nitriles is 1. The lowest BCUT2D eigenvalue weighted by Crippen LogP contribution is -2.14. The SMILES string of the molecule is Cc1ccc(OCc2ccccc2)cc1Nc1ccnc2c1C(=O)Nc1cc(C#N)ccc1N2. The number of hydrogen-bond donors (Lipinski definition) is 3. The van der Waals surface area contributed by atoms with Crippen molar-refractivity contribution in [2.24, 2.45) is 0 Å². The number of aryl methyl sites for hydroxylation is 1. The first kappa shape index (κ1) is 21.0. The molecule has 7 nitrogen and oxygen atoms in total. The number of amides is 1. The Bertz CT molecular complexity index is 1430. The monoisotopic (exact) mass is 447 g/mol. The van der Waals surface area contributed by atoms with Gasteiger partial charge in [-0.25, -0.2) is 4.98 Å². The van der Waals surface area contributed by atoms with E-state index >= 15 is 0 Å². The molecule has 166 valence electrons. The molecule has 0 aliphatic carbocycles. The van der Waals surface area contributed by atoms with Gasteiger partial charge in [0.15, 0.2) is 0 Å². The van der Waals surface area contributed by atoms with Gasteiger partial charge in [-0.15, -0.1) is 0 Å². The Morgan fingerprint density at radius 1 is 0.971 bits per heavy atom. The van der Waals surface area contributed by atoms with Gasteiger partial charge in [-0.2, -0.15) is 5.26 Å². The summed E-state index contributed by atoms with van der Waals surface area (Å²) in [7, 11) is 0. The van der Waals surface area contributed by atoms with Gasteiger partial charge in [0, 0.05) is 18.0 Å². The van der Waals surface area contributed by atoms with Crippen molar-refractivity contribution in [3.05, 3.63) is 101 Å². The second-order valence-corrected chi connectivity index (χ2v) is 7.91. The average Bonchev–Trinajstić information content (AvgIpc) is 3.00. The van der Waals surface area contributed by atoms with Crippen LogP contribution in [0.25, 0.3) is 0 Å². The highest BCUT2D eigenvalue weighted by Gasteiger charge is 2.24. The van der Waals surface area contributed by atoms with E-state index in [1.165, 1.54) is 0 Å². The summed E-state index contributed by atoms with van der Waals surface area (Å²) in [5.41, 5.74) is 5.55. The van der Waals surface area contributed by atoms with Crippen LogP contribution in [0.3, 0.4) is 0 Å². The van der Waals surface area contributed by atoms with Crippen LogP contribution < -0.4 is 20.7 Å². The lowest BCUT2D eigenvalue weighted by Gasteiger charge is -2.16. The first-order valence-corrected chi connectivity index (χ1v) is 10.8. The second kappa shape index (κ2) is 8.96. The van der Waals surface area contributed by atoms with E-state index in [2.05, 4.69) is 27.0 Å². The molecule has 0 unspecified atom stereocenters. The van der Waals surface area contributed by atoms with E-state index in [0.717, 1.165) is 22.6 Å². The van der Waals surface area contributed by atoms with Gasteiger partial charge < -0.3 is 20.7 Å². The fourth-order valence-electron chi connectivity index (χ4n) is 3.74. The Morgan fingerprint density at radius 2 is 1.82 bits per heavy atom. The highest BCUT2D eigenvalue weighted by molar-refractivity contribution is 6.15. The van der Waals surface area contributed by atoms with E-state index in [9.17, 15) is 10.1 Å². The zero-order valence-corrected chi connectivity index (χ0v) is 18.4. The van der Waals surface area contributed by atoms with Gasteiger partial charge in [-0.3, -0.25) is 4.79 Å². The number of hydrogen-bond acceptors (Lipinski definition) is 6. The topological polar surface area (TPSA) is 99.1 Å². The first-order valence-electron chi connectivity index (χ1n) is 10.8. The number of nitrogens with zero attached hydrogens (tertiary/aromatic N) is 2. The molecule has 5 rings (SSSR count). The molecule has 0 saturated heterocycles. The molecular formula is C27H21N5O2. The maximum atomic E-state index is 13.2. The summed E-state index contributed by atoms with van der Waals surface area (Å²) < 4.78 is 5.97. The van der Waals surface area contributed by atoms with Crippen LogP contribution in [0.15, 0.2) is 79.0 Å². The third-order valence-electron chi connectivity index (χ3n) is 5.55. The summed E-state index contributed by atoms with van der Waals surface area (Å²) >= 11 is 0. The zero-order chi connectivity index (χ0) is 23.5. The molecule has 3 aromatic carbocycles. The zero-order valence-electron chi connectivity index (χ0n) is 18.4. The average molecular weight is 447 g/mol. The molecule has 0 bridgehead atoms. The summed E-state index contributed by atoms with van der Waals surface area (Å²) in [4.78, 5) is 17.5. The number of anilines is 5. The summed E-state index contributed by atoms with van der Waals surface area (Å²) in [6.07, 6.45) is 1.64. The lowest BCUT2D eigenvalue weighted by atomic mass is 10.1. The normalized spacial score (nSPS) is 11.7. The third kappa shape index (κ3) is 4.25. The van der Waals surface area contributed by atoms with Crippen LogP contribution in [0.4, 0.5) is 28.6 Å². The molecular weight excluding hydrogens is 426 g/mol. The maximum absolute atomic E-state index is 13.2. The highest BCUT2D eigenvalue weighted by atomic mass is 16.5. The number of aromatic nitrogens is 1. The van der Waals surface area contributed by atoms with E-state index in [4.69, 9.17) is 4.74 Å². The number of rotatable bonds is 5. The number of benzene rings is 3. The summed E-state index contributed by atoms with van der Waals surface area (Å²) in [5, 5.41) is 18.7. The van der Waals surface area contributed by atoms with Gasteiger partial charge in [0.2, 0.25) is 0 Å². The molecule has 1 aromatic heterocycles. The minimum absolute atomic E-state index is 0.318. The molecule has 7 heteroatoms. The van der Waals surface area contributed by atoms with Crippen LogP contribution in [0, 0.1) is 18.3 Å². The molecule has 1 aliphatic rings. The van der Waals surface area contributed by atoms with Crippen molar-refractivity contribution in [1.29, 1.82) is 5.26 Å². The largest absolute Gasteiger partial charge is 0.489 e. The van der Waals surface area contributed by atoms with Crippen LogP contribution in [-0.2, 0) is 6.61 Å². The van der Waals surface area contributed by atoms with Crippen LogP contribution in [0.2, 0.25) is 0 Å². The van der Waals surface area contributed by atoms with E-state index in [1.807, 2.05) is 55.5 Å². The standard InChI is InChI=1S/C27H21N5O2/c1-17-7-9-20(34-16-18-5-3-2-4-6-18)14-23(17)30-22-11-12-29-26-25(22)27(33)32-24-13-19(15-28)8-10-21(24)31-26/h2-14H,16H2,1H3,(H,32,33)(H2,29,30,31). The van der Waals surface area contributed by atoms with Crippen LogP contribution >= 0.6 is 0 Å². The Kier molecular flexibility index (Phi) is 5.55. The van der Waals surface area contributed by atoms with Crippen molar-refractivity contribution in [3.8, 4) is 11.8 Å². The highest BCUT2D eigenvalue weighted by Crippen LogP contribution is 2.36. The minimum atomic E-state index is -0.318. The molecule has 4 aromatic rings. The van der Waals surface area contributed by atoms with Gasteiger partial charge in [0.05, 0.1) is 28.7 Å². The first-order chi connectivity index (χ1) is 16.6. The minimum Gasteiger partial charge on any atom is -0.489 e. The molecule has 1 amide bonds. The van der Waals surface area contributed by atoms with E-state index in [1.54, 1.807) is 30.5 Å². The van der Waals surface area contributed by atoms with E-state index < -0.39 is 0 Å². The second-order valence-electron chi connectivity index (χ2n) is 7.91. The number of ether oxygens (including phenoxy) is 1. The summed E-state index contributed by atoms with van der Waals surface area (Å²) in [6, 6.07) is 24.7. The predicted molar refractivity (Wildman–Crippen MR) is 132 cm³/mol. The van der Waals surface area contributed by atoms with Gasteiger partial charge >= 0.3 is 0 Å². The summed E-state index contributed by atoms with van der Waals surface area (Å²) in [6.45, 7) is 2.45. The van der Waals surface area contributed by atoms with Crippen molar-refractivity contribution < 1.29 is 9.53 Å². The van der Waals surface area contributed by atoms with Gasteiger partial charge in [0.25, 0.3) is 5.91 Å². The Morgan fingerprint density at radius 3 is 2.65 bits per heavy atom. The fourth-order valence-corrected chi connectivity index (χ4v) is 3.74. The Balaban J connectivity index is 1.43. The molecule has 2 heterocycles. The molecule has 0 fully saturated rings. The molecule has 0 radical (unpaired) electrons. The number of carbonyl (C=O) groups excluding carboxylic acids is 1. The van der Waals surface area contributed by atoms with Crippen molar-refractivity contribution in [1.82, 2.24) is 4.98 Å². The van der Waals surface area contributed by atoms with Gasteiger partial charge in [-0.05, 0) is 48.4 Å². The van der Waals surface area contributed by atoms with Gasteiger partial charge in [-0.1, -0.05) is 36.4 Å². The van der Waals surface area contributed by atoms with E-state index in [-0.39, 0.29) is 5.91 Å². The lowest BCUT2D eigenvalue weighted by molar-refractivity contribution is 0.102. The number of carbonyl (C=O) groups is 1. The third-order valence-corrected chi connectivity index (χ3v) is 5.55. The smallest absolute Gasteiger partial charge is 0.261 e. The predicted octanol–water partition coefficient (Wildman–Crippen LogP) is 5.89. The molecule has 0 spiro atoms. The van der Waals surface area contributed by atoms with Crippen LogP contribution in [-0.4, -0.2) is 10.9 Å². The van der Waals surface area contributed by atoms with Crippen molar-refractivity contribution in [2.75, 3.05) is 16.0 Å². The van der Waals surface area contributed by atoms with Crippen molar-refractivity contribution in [2.45, 2.75) is 13.5 Å². The van der Waals surface area contributed by atoms with E-state index in [0.29, 0.717) is 40.6 Å².